The fraction of sp³-hybridized carbons (Fsp3) is 0.318. The van der Waals surface area contributed by atoms with Crippen molar-refractivity contribution in [3.05, 3.63) is 60.2 Å². The van der Waals surface area contributed by atoms with Gasteiger partial charge in [-0.05, 0) is 55.5 Å². The standard InChI is InChI=1S/C22H26N6O/c23-20-26-21(24)28(22(27-20)13-5-2-6-14-22)18-11-9-17(10-12-18)25-19(29)15-16-7-3-1-4-8-16/h1,3-4,7-12H,2,5-6,13-15H2,(H,25,29)(H4,23,24,26,27). The molecule has 1 saturated carbocycles. The van der Waals surface area contributed by atoms with Crippen molar-refractivity contribution in [1.29, 1.82) is 0 Å². The summed E-state index contributed by atoms with van der Waals surface area (Å²) in [5.74, 6) is 0.551. The first-order chi connectivity index (χ1) is 14.1. The highest BCUT2D eigenvalue weighted by molar-refractivity contribution is 6.05. The second kappa shape index (κ2) is 7.95. The number of aliphatic imine (C=N–C) groups is 2. The van der Waals surface area contributed by atoms with Gasteiger partial charge in [-0.1, -0.05) is 36.8 Å². The number of nitrogens with zero attached hydrogens (tertiary/aromatic N) is 3. The quantitative estimate of drug-likeness (QED) is 0.745. The molecular weight excluding hydrogens is 364 g/mol. The Kier molecular flexibility index (Phi) is 5.20. The van der Waals surface area contributed by atoms with Gasteiger partial charge >= 0.3 is 0 Å². The van der Waals surface area contributed by atoms with Crippen LogP contribution < -0.4 is 21.7 Å². The van der Waals surface area contributed by atoms with Crippen molar-refractivity contribution in [2.75, 3.05) is 10.2 Å². The van der Waals surface area contributed by atoms with E-state index >= 15 is 0 Å². The fourth-order valence-electron chi connectivity index (χ4n) is 4.18. The van der Waals surface area contributed by atoms with E-state index in [0.29, 0.717) is 12.4 Å². The van der Waals surface area contributed by atoms with Crippen LogP contribution >= 0.6 is 0 Å². The monoisotopic (exact) mass is 390 g/mol. The average Bonchev–Trinajstić information content (AvgIpc) is 2.70. The van der Waals surface area contributed by atoms with Crippen molar-refractivity contribution in [1.82, 2.24) is 0 Å². The van der Waals surface area contributed by atoms with Crippen LogP contribution in [0.4, 0.5) is 11.4 Å². The Morgan fingerprint density at radius 3 is 2.38 bits per heavy atom. The Bertz CT molecular complexity index is 930. The summed E-state index contributed by atoms with van der Waals surface area (Å²) in [6, 6.07) is 17.3. The zero-order chi connectivity index (χ0) is 20.3. The summed E-state index contributed by atoms with van der Waals surface area (Å²) < 4.78 is 0. The van der Waals surface area contributed by atoms with Gasteiger partial charge in [-0.3, -0.25) is 9.69 Å². The zero-order valence-electron chi connectivity index (χ0n) is 16.3. The highest BCUT2D eigenvalue weighted by Gasteiger charge is 2.42. The predicted molar refractivity (Wildman–Crippen MR) is 117 cm³/mol. The maximum atomic E-state index is 12.3. The van der Waals surface area contributed by atoms with Crippen LogP contribution in [0.2, 0.25) is 0 Å². The predicted octanol–water partition coefficient (Wildman–Crippen LogP) is 2.98. The largest absolute Gasteiger partial charge is 0.369 e. The number of hydrogen-bond acceptors (Lipinski definition) is 6. The number of anilines is 2. The lowest BCUT2D eigenvalue weighted by Crippen LogP contribution is -2.58. The maximum absolute atomic E-state index is 12.3. The molecule has 150 valence electrons. The molecular formula is C22H26N6O. The lowest BCUT2D eigenvalue weighted by molar-refractivity contribution is -0.115. The lowest BCUT2D eigenvalue weighted by Gasteiger charge is -2.45. The van der Waals surface area contributed by atoms with Gasteiger partial charge in [0.1, 0.15) is 5.66 Å². The topological polar surface area (TPSA) is 109 Å². The molecule has 1 heterocycles. The molecule has 5 N–H and O–H groups in total. The van der Waals surface area contributed by atoms with Gasteiger partial charge in [0.05, 0.1) is 6.42 Å². The summed E-state index contributed by atoms with van der Waals surface area (Å²) in [7, 11) is 0. The van der Waals surface area contributed by atoms with E-state index in [1.165, 1.54) is 6.42 Å². The summed E-state index contributed by atoms with van der Waals surface area (Å²) in [5, 5.41) is 2.94. The Labute approximate surface area is 170 Å². The Hall–Kier alpha value is -3.35. The molecule has 0 unspecified atom stereocenters. The Balaban J connectivity index is 1.50. The van der Waals surface area contributed by atoms with Crippen molar-refractivity contribution >= 4 is 29.2 Å². The second-order valence-corrected chi connectivity index (χ2v) is 7.58. The van der Waals surface area contributed by atoms with Crippen molar-refractivity contribution < 1.29 is 4.79 Å². The van der Waals surface area contributed by atoms with Gasteiger partial charge in [0, 0.05) is 11.4 Å². The van der Waals surface area contributed by atoms with Crippen LogP contribution in [-0.4, -0.2) is 23.5 Å². The highest BCUT2D eigenvalue weighted by atomic mass is 16.1. The highest BCUT2D eigenvalue weighted by Crippen LogP contribution is 2.39. The maximum Gasteiger partial charge on any atom is 0.228 e. The molecule has 0 saturated heterocycles. The van der Waals surface area contributed by atoms with E-state index in [-0.39, 0.29) is 11.9 Å². The number of nitrogens with two attached hydrogens (primary N) is 2. The normalized spacial score (nSPS) is 18.1. The Morgan fingerprint density at radius 1 is 1.00 bits per heavy atom. The third kappa shape index (κ3) is 4.08. The summed E-state index contributed by atoms with van der Waals surface area (Å²) in [6.07, 6.45) is 5.46. The summed E-state index contributed by atoms with van der Waals surface area (Å²) in [5.41, 5.74) is 14.3. The molecule has 1 amide bonds. The van der Waals surface area contributed by atoms with Gasteiger partial charge in [-0.25, -0.2) is 4.99 Å². The van der Waals surface area contributed by atoms with Crippen LogP contribution in [0.3, 0.4) is 0 Å². The number of benzene rings is 2. The van der Waals surface area contributed by atoms with Crippen LogP contribution in [0.1, 0.15) is 37.7 Å². The molecule has 1 aliphatic carbocycles. The molecule has 0 aromatic heterocycles. The number of carbonyl (C=O) groups excluding carboxylic acids is 1. The SMILES string of the molecule is NC1=NC2(CCCCC2)N(c2ccc(NC(=O)Cc3ccccc3)cc2)C(N)=N1. The van der Waals surface area contributed by atoms with E-state index in [0.717, 1.165) is 42.6 Å². The van der Waals surface area contributed by atoms with Gasteiger partial charge in [-0.15, -0.1) is 0 Å². The van der Waals surface area contributed by atoms with Crippen LogP contribution in [0.25, 0.3) is 0 Å². The van der Waals surface area contributed by atoms with Crippen molar-refractivity contribution in [3.8, 4) is 0 Å². The van der Waals surface area contributed by atoms with E-state index in [9.17, 15) is 4.79 Å². The molecule has 1 fully saturated rings. The average molecular weight is 390 g/mol. The molecule has 2 aromatic rings. The summed E-state index contributed by atoms with van der Waals surface area (Å²) >= 11 is 0. The second-order valence-electron chi connectivity index (χ2n) is 7.58. The zero-order valence-corrected chi connectivity index (χ0v) is 16.3. The van der Waals surface area contributed by atoms with Gasteiger partial charge < -0.3 is 16.8 Å². The minimum Gasteiger partial charge on any atom is -0.369 e. The van der Waals surface area contributed by atoms with E-state index in [2.05, 4.69) is 15.3 Å². The molecule has 2 aliphatic rings. The number of amides is 1. The minimum absolute atomic E-state index is 0.0517. The van der Waals surface area contributed by atoms with Crippen molar-refractivity contribution in [2.45, 2.75) is 44.2 Å². The number of hydrogen-bond donors (Lipinski definition) is 3. The molecule has 7 heteroatoms. The number of carbonyl (C=O) groups is 1. The third-order valence-electron chi connectivity index (χ3n) is 5.47. The summed E-state index contributed by atoms with van der Waals surface area (Å²) in [4.78, 5) is 23.2. The Morgan fingerprint density at radius 2 is 1.69 bits per heavy atom. The first-order valence-electron chi connectivity index (χ1n) is 9.99. The molecule has 0 atom stereocenters. The van der Waals surface area contributed by atoms with Gasteiger partial charge in [0.25, 0.3) is 0 Å². The first kappa shape index (κ1) is 19.0. The van der Waals surface area contributed by atoms with E-state index in [4.69, 9.17) is 11.5 Å². The van der Waals surface area contributed by atoms with Crippen molar-refractivity contribution in [2.24, 2.45) is 21.5 Å². The van der Waals surface area contributed by atoms with Crippen LogP contribution in [0.5, 0.6) is 0 Å². The van der Waals surface area contributed by atoms with Gasteiger partial charge in [0.2, 0.25) is 17.8 Å². The molecule has 0 bridgehead atoms. The van der Waals surface area contributed by atoms with E-state index in [1.807, 2.05) is 59.5 Å². The number of rotatable bonds is 4. The molecule has 2 aromatic carbocycles. The van der Waals surface area contributed by atoms with Crippen LogP contribution in [0, 0.1) is 0 Å². The lowest BCUT2D eigenvalue weighted by atomic mass is 9.87. The third-order valence-corrected chi connectivity index (χ3v) is 5.47. The number of guanidine groups is 2. The molecule has 7 nitrogen and oxygen atoms in total. The van der Waals surface area contributed by atoms with E-state index in [1.54, 1.807) is 0 Å². The smallest absolute Gasteiger partial charge is 0.228 e. The number of nitrogens with one attached hydrogen (secondary N) is 1. The minimum atomic E-state index is -0.466. The van der Waals surface area contributed by atoms with Crippen LogP contribution in [0.15, 0.2) is 64.6 Å². The molecule has 0 radical (unpaired) electrons. The molecule has 1 spiro atoms. The fourth-order valence-corrected chi connectivity index (χ4v) is 4.18. The summed E-state index contributed by atoms with van der Waals surface area (Å²) in [6.45, 7) is 0. The molecule has 29 heavy (non-hydrogen) atoms. The van der Waals surface area contributed by atoms with Crippen molar-refractivity contribution in [3.63, 3.8) is 0 Å². The molecule has 1 aliphatic heterocycles. The van der Waals surface area contributed by atoms with E-state index < -0.39 is 5.66 Å². The van der Waals surface area contributed by atoms with Gasteiger partial charge in [-0.2, -0.15) is 4.99 Å². The van der Waals surface area contributed by atoms with Gasteiger partial charge in [0.15, 0.2) is 0 Å². The first-order valence-corrected chi connectivity index (χ1v) is 9.99. The van der Waals surface area contributed by atoms with Crippen LogP contribution in [-0.2, 0) is 11.2 Å². The molecule has 4 rings (SSSR count).